The lowest BCUT2D eigenvalue weighted by atomic mass is 10.1. The second-order valence-corrected chi connectivity index (χ2v) is 6.87. The zero-order valence-electron chi connectivity index (χ0n) is 17.5. The minimum atomic E-state index is -0.872. The molecule has 0 spiro atoms. The Labute approximate surface area is 187 Å². The highest BCUT2D eigenvalue weighted by Crippen LogP contribution is 2.37. The molecular formula is C22H17FN4O6. The van der Waals surface area contributed by atoms with Gasteiger partial charge < -0.3 is 14.2 Å². The Kier molecular flexibility index (Phi) is 5.85. The maximum Gasteiger partial charge on any atom is 0.287 e. The van der Waals surface area contributed by atoms with Gasteiger partial charge in [0.1, 0.15) is 12.0 Å². The SMILES string of the molecule is COc1cc(C2OC(c3ccc(F)cc3)=NN2C(C)=O)ccc1Oc1ccc([N+](=O)[O-])cn1. The van der Waals surface area contributed by atoms with E-state index in [1.165, 1.54) is 55.4 Å². The Morgan fingerprint density at radius 2 is 1.91 bits per heavy atom. The highest BCUT2D eigenvalue weighted by molar-refractivity contribution is 5.96. The van der Waals surface area contributed by atoms with Gasteiger partial charge in [0, 0.05) is 30.2 Å². The number of pyridine rings is 1. The number of rotatable bonds is 6. The molecule has 4 rings (SSSR count). The molecular weight excluding hydrogens is 435 g/mol. The van der Waals surface area contributed by atoms with Crippen molar-refractivity contribution in [3.8, 4) is 17.4 Å². The first-order valence-electron chi connectivity index (χ1n) is 9.63. The molecule has 0 saturated carbocycles. The van der Waals surface area contributed by atoms with E-state index < -0.39 is 17.0 Å². The maximum atomic E-state index is 13.2. The van der Waals surface area contributed by atoms with E-state index in [4.69, 9.17) is 14.2 Å². The molecule has 1 atom stereocenters. The monoisotopic (exact) mass is 452 g/mol. The van der Waals surface area contributed by atoms with Crippen molar-refractivity contribution in [3.63, 3.8) is 0 Å². The van der Waals surface area contributed by atoms with Gasteiger partial charge in [-0.1, -0.05) is 0 Å². The summed E-state index contributed by atoms with van der Waals surface area (Å²) >= 11 is 0. The smallest absolute Gasteiger partial charge is 0.287 e. The zero-order valence-corrected chi connectivity index (χ0v) is 17.5. The molecule has 0 saturated heterocycles. The summed E-state index contributed by atoms with van der Waals surface area (Å²) in [6.07, 6.45) is 0.213. The number of ether oxygens (including phenoxy) is 3. The van der Waals surface area contributed by atoms with Gasteiger partial charge in [0.2, 0.25) is 23.9 Å². The van der Waals surface area contributed by atoms with Crippen molar-refractivity contribution in [3.05, 3.63) is 87.9 Å². The number of halogens is 1. The number of hydrazone groups is 1. The Hall–Kier alpha value is -4.54. The lowest BCUT2D eigenvalue weighted by Gasteiger charge is -2.20. The van der Waals surface area contributed by atoms with E-state index in [1.54, 1.807) is 18.2 Å². The summed E-state index contributed by atoms with van der Waals surface area (Å²) in [5.41, 5.74) is 0.901. The summed E-state index contributed by atoms with van der Waals surface area (Å²) in [5, 5.41) is 16.2. The number of amides is 1. The van der Waals surface area contributed by atoms with Gasteiger partial charge in [-0.15, -0.1) is 5.10 Å². The number of hydrogen-bond donors (Lipinski definition) is 0. The van der Waals surface area contributed by atoms with Crippen molar-refractivity contribution in [2.45, 2.75) is 13.2 Å². The Morgan fingerprint density at radius 1 is 1.15 bits per heavy atom. The quantitative estimate of drug-likeness (QED) is 0.407. The van der Waals surface area contributed by atoms with Crippen LogP contribution in [0.1, 0.15) is 24.3 Å². The third-order valence-corrected chi connectivity index (χ3v) is 4.68. The molecule has 1 aromatic heterocycles. The first-order chi connectivity index (χ1) is 15.9. The van der Waals surface area contributed by atoms with Crippen molar-refractivity contribution in [1.29, 1.82) is 0 Å². The predicted molar refractivity (Wildman–Crippen MR) is 113 cm³/mol. The number of aromatic nitrogens is 1. The van der Waals surface area contributed by atoms with Gasteiger partial charge in [0.25, 0.3) is 5.69 Å². The van der Waals surface area contributed by atoms with E-state index >= 15 is 0 Å². The van der Waals surface area contributed by atoms with Crippen LogP contribution in [0.2, 0.25) is 0 Å². The van der Waals surface area contributed by atoms with Gasteiger partial charge >= 0.3 is 0 Å². The summed E-state index contributed by atoms with van der Waals surface area (Å²) in [7, 11) is 1.44. The van der Waals surface area contributed by atoms with Crippen LogP contribution in [0.4, 0.5) is 10.1 Å². The molecule has 168 valence electrons. The summed E-state index contributed by atoms with van der Waals surface area (Å²) in [6, 6.07) is 13.1. The summed E-state index contributed by atoms with van der Waals surface area (Å²) in [6.45, 7) is 1.35. The van der Waals surface area contributed by atoms with Crippen LogP contribution >= 0.6 is 0 Å². The molecule has 1 unspecified atom stereocenters. The van der Waals surface area contributed by atoms with Crippen molar-refractivity contribution in [2.75, 3.05) is 7.11 Å². The topological polar surface area (TPSA) is 116 Å². The van der Waals surface area contributed by atoms with E-state index in [9.17, 15) is 19.3 Å². The van der Waals surface area contributed by atoms with Gasteiger partial charge in [0.05, 0.1) is 12.0 Å². The average molecular weight is 452 g/mol. The number of nitrogens with zero attached hydrogens (tertiary/aromatic N) is 4. The van der Waals surface area contributed by atoms with Crippen molar-refractivity contribution >= 4 is 17.5 Å². The Bertz CT molecular complexity index is 1230. The van der Waals surface area contributed by atoms with E-state index in [0.717, 1.165) is 6.20 Å². The van der Waals surface area contributed by atoms with Crippen LogP contribution in [-0.4, -0.2) is 33.8 Å². The summed E-state index contributed by atoms with van der Waals surface area (Å²) in [4.78, 5) is 26.3. The van der Waals surface area contributed by atoms with Gasteiger partial charge in [0.15, 0.2) is 11.5 Å². The van der Waals surface area contributed by atoms with Crippen molar-refractivity contribution in [1.82, 2.24) is 9.99 Å². The molecule has 0 bridgehead atoms. The fourth-order valence-corrected chi connectivity index (χ4v) is 3.07. The summed E-state index contributed by atoms with van der Waals surface area (Å²) in [5.74, 6) is 0.164. The van der Waals surface area contributed by atoms with Crippen LogP contribution in [0.5, 0.6) is 17.4 Å². The standard InChI is InChI=1S/C22H17FN4O6/c1-13(28)26-22(33-21(25-26)14-3-6-16(23)7-4-14)15-5-9-18(19(11-15)31-2)32-20-10-8-17(12-24-20)27(29)30/h3-12,22H,1-2H3. The second kappa shape index (κ2) is 8.91. The largest absolute Gasteiger partial charge is 0.493 e. The van der Waals surface area contributed by atoms with Crippen LogP contribution in [0.15, 0.2) is 65.9 Å². The summed E-state index contributed by atoms with van der Waals surface area (Å²) < 4.78 is 30.2. The molecule has 0 N–H and O–H groups in total. The third kappa shape index (κ3) is 4.56. The van der Waals surface area contributed by atoms with E-state index in [2.05, 4.69) is 10.1 Å². The molecule has 3 aromatic rings. The van der Waals surface area contributed by atoms with Crippen LogP contribution < -0.4 is 9.47 Å². The van der Waals surface area contributed by atoms with Gasteiger partial charge in [-0.05, 0) is 42.5 Å². The second-order valence-electron chi connectivity index (χ2n) is 6.87. The third-order valence-electron chi connectivity index (χ3n) is 4.68. The van der Waals surface area contributed by atoms with Gasteiger partial charge in [-0.25, -0.2) is 9.37 Å². The van der Waals surface area contributed by atoms with E-state index in [1.807, 2.05) is 0 Å². The molecule has 0 radical (unpaired) electrons. The highest BCUT2D eigenvalue weighted by Gasteiger charge is 2.33. The molecule has 2 aromatic carbocycles. The van der Waals surface area contributed by atoms with Crippen molar-refractivity contribution < 1.29 is 28.3 Å². The Balaban J connectivity index is 1.59. The van der Waals surface area contributed by atoms with E-state index in [0.29, 0.717) is 22.6 Å². The van der Waals surface area contributed by atoms with Gasteiger partial charge in [-0.2, -0.15) is 5.01 Å². The van der Waals surface area contributed by atoms with Crippen LogP contribution in [0.3, 0.4) is 0 Å². The number of benzene rings is 2. The fourth-order valence-electron chi connectivity index (χ4n) is 3.07. The molecule has 0 fully saturated rings. The maximum absolute atomic E-state index is 13.2. The minimum Gasteiger partial charge on any atom is -0.493 e. The lowest BCUT2D eigenvalue weighted by molar-refractivity contribution is -0.385. The molecule has 0 aliphatic carbocycles. The van der Waals surface area contributed by atoms with Gasteiger partial charge in [-0.3, -0.25) is 14.9 Å². The molecule has 10 nitrogen and oxygen atoms in total. The number of carbonyl (C=O) groups is 1. The van der Waals surface area contributed by atoms with E-state index in [-0.39, 0.29) is 23.4 Å². The number of hydrogen-bond acceptors (Lipinski definition) is 8. The molecule has 11 heteroatoms. The fraction of sp³-hybridized carbons (Fsp3) is 0.136. The van der Waals surface area contributed by atoms with Crippen LogP contribution in [0.25, 0.3) is 0 Å². The number of nitro groups is 1. The highest BCUT2D eigenvalue weighted by atomic mass is 19.1. The minimum absolute atomic E-state index is 0.135. The first-order valence-corrected chi connectivity index (χ1v) is 9.63. The Morgan fingerprint density at radius 3 is 2.52 bits per heavy atom. The number of methoxy groups -OCH3 is 1. The van der Waals surface area contributed by atoms with Crippen molar-refractivity contribution in [2.24, 2.45) is 5.10 Å². The first kappa shape index (κ1) is 21.7. The molecule has 1 aliphatic heterocycles. The van der Waals surface area contributed by atoms with Crippen LogP contribution in [-0.2, 0) is 9.53 Å². The molecule has 1 aliphatic rings. The number of carbonyl (C=O) groups excluding carboxylic acids is 1. The normalized spacial score (nSPS) is 14.9. The molecule has 2 heterocycles. The molecule has 1 amide bonds. The molecule has 33 heavy (non-hydrogen) atoms. The average Bonchev–Trinajstić information content (AvgIpc) is 3.26. The predicted octanol–water partition coefficient (Wildman–Crippen LogP) is 4.17. The lowest BCUT2D eigenvalue weighted by Crippen LogP contribution is -2.25. The van der Waals surface area contributed by atoms with Crippen LogP contribution in [0, 0.1) is 15.9 Å². The zero-order chi connectivity index (χ0) is 23.5.